The van der Waals surface area contributed by atoms with E-state index < -0.39 is 0 Å². The van der Waals surface area contributed by atoms with Crippen LogP contribution in [0.5, 0.6) is 0 Å². The lowest BCUT2D eigenvalue weighted by atomic mass is 10.2. The van der Waals surface area contributed by atoms with Gasteiger partial charge in [0.25, 0.3) is 0 Å². The molecule has 0 spiro atoms. The van der Waals surface area contributed by atoms with Crippen LogP contribution >= 0.6 is 0 Å². The van der Waals surface area contributed by atoms with Crippen molar-refractivity contribution >= 4 is 5.91 Å². The highest BCUT2D eigenvalue weighted by Crippen LogP contribution is 1.98. The molecule has 0 rings (SSSR count). The van der Waals surface area contributed by atoms with Crippen LogP contribution < -0.4 is 5.32 Å². The normalized spacial score (nSPS) is 12.6. The third kappa shape index (κ3) is 33.7. The first-order valence-electron chi connectivity index (χ1n) is 14.8. The second-order valence-electron chi connectivity index (χ2n) is 8.75. The van der Waals surface area contributed by atoms with Crippen LogP contribution in [0.2, 0.25) is 0 Å². The molecule has 0 heterocycles. The van der Waals surface area contributed by atoms with Crippen molar-refractivity contribution in [2.45, 2.75) is 58.3 Å². The summed E-state index contributed by atoms with van der Waals surface area (Å²) in [6.45, 7) is 7.46. The van der Waals surface area contributed by atoms with E-state index in [0.717, 1.165) is 44.9 Å². The summed E-state index contributed by atoms with van der Waals surface area (Å²) >= 11 is 0. The summed E-state index contributed by atoms with van der Waals surface area (Å²) in [6.07, 6.45) is 33.3. The fraction of sp³-hybridized carbons (Fsp3) is 0.606. The van der Waals surface area contributed by atoms with Crippen molar-refractivity contribution in [1.29, 1.82) is 0 Å². The van der Waals surface area contributed by atoms with Gasteiger partial charge < -0.3 is 29.0 Å². The highest BCUT2D eigenvalue weighted by molar-refractivity contribution is 5.75. The van der Waals surface area contributed by atoms with Crippen molar-refractivity contribution in [2.75, 3.05) is 73.1 Å². The third-order valence-electron chi connectivity index (χ3n) is 5.25. The number of methoxy groups -OCH3 is 1. The number of nitrogens with one attached hydrogen (secondary N) is 1. The molecule has 228 valence electrons. The van der Waals surface area contributed by atoms with Gasteiger partial charge in [0.2, 0.25) is 5.91 Å². The number of carbonyl (C=O) groups is 1. The molecule has 0 unspecified atom stereocenters. The molecule has 0 aromatic heterocycles. The second-order valence-corrected chi connectivity index (χ2v) is 8.75. The maximum absolute atomic E-state index is 11.9. The van der Waals surface area contributed by atoms with E-state index >= 15 is 0 Å². The largest absolute Gasteiger partial charge is 0.382 e. The van der Waals surface area contributed by atoms with Gasteiger partial charge in [-0.15, -0.1) is 0 Å². The molecule has 7 nitrogen and oxygen atoms in total. The summed E-state index contributed by atoms with van der Waals surface area (Å²) in [5, 5.41) is 2.87. The number of carbonyl (C=O) groups excluding carboxylic acids is 1. The van der Waals surface area contributed by atoms with Crippen molar-refractivity contribution in [2.24, 2.45) is 0 Å². The van der Waals surface area contributed by atoms with Crippen molar-refractivity contribution in [3.63, 3.8) is 0 Å². The molecule has 1 N–H and O–H groups in total. The highest BCUT2D eigenvalue weighted by Gasteiger charge is 1.98. The third-order valence-corrected chi connectivity index (χ3v) is 5.25. The second kappa shape index (κ2) is 34.7. The first-order chi connectivity index (χ1) is 19.8. The molecule has 0 aliphatic carbocycles. The Bertz CT molecular complexity index is 712. The van der Waals surface area contributed by atoms with Crippen LogP contribution in [0.25, 0.3) is 0 Å². The number of amides is 1. The molecule has 0 fully saturated rings. The molecular formula is C33H55NO6. The fourth-order valence-electron chi connectivity index (χ4n) is 3.11. The Morgan fingerprint density at radius 1 is 0.525 bits per heavy atom. The molecule has 0 saturated heterocycles. The van der Waals surface area contributed by atoms with Gasteiger partial charge in [-0.2, -0.15) is 0 Å². The van der Waals surface area contributed by atoms with Gasteiger partial charge in [-0.3, -0.25) is 4.79 Å². The van der Waals surface area contributed by atoms with E-state index in [0.29, 0.717) is 72.4 Å². The zero-order chi connectivity index (χ0) is 29.0. The Hall–Kier alpha value is -2.29. The topological polar surface area (TPSA) is 75.3 Å². The van der Waals surface area contributed by atoms with Gasteiger partial charge in [-0.1, -0.05) is 79.8 Å². The van der Waals surface area contributed by atoms with Crippen LogP contribution in [-0.4, -0.2) is 79.0 Å². The Morgan fingerprint density at radius 3 is 1.32 bits per heavy atom. The summed E-state index contributed by atoms with van der Waals surface area (Å²) in [4.78, 5) is 11.9. The number of rotatable bonds is 29. The molecule has 0 aliphatic heterocycles. The molecule has 0 bridgehead atoms. The minimum absolute atomic E-state index is 0.0442. The molecule has 40 heavy (non-hydrogen) atoms. The summed E-state index contributed by atoms with van der Waals surface area (Å²) in [5.74, 6) is 0.0442. The molecular weight excluding hydrogens is 506 g/mol. The predicted molar refractivity (Wildman–Crippen MR) is 166 cm³/mol. The highest BCUT2D eigenvalue weighted by atomic mass is 16.6. The van der Waals surface area contributed by atoms with Gasteiger partial charge in [-0.05, 0) is 44.9 Å². The minimum Gasteiger partial charge on any atom is -0.382 e. The van der Waals surface area contributed by atoms with Crippen molar-refractivity contribution in [3.05, 3.63) is 72.9 Å². The predicted octanol–water partition coefficient (Wildman–Crippen LogP) is 6.29. The first-order valence-corrected chi connectivity index (χ1v) is 14.8. The average Bonchev–Trinajstić information content (AvgIpc) is 2.96. The Kier molecular flexibility index (Phi) is 32.7. The van der Waals surface area contributed by atoms with Crippen LogP contribution in [0.4, 0.5) is 0 Å². The molecule has 0 saturated carbocycles. The van der Waals surface area contributed by atoms with Crippen LogP contribution in [0.1, 0.15) is 58.3 Å². The van der Waals surface area contributed by atoms with E-state index in [1.165, 1.54) is 0 Å². The van der Waals surface area contributed by atoms with Crippen molar-refractivity contribution < 1.29 is 28.5 Å². The van der Waals surface area contributed by atoms with Gasteiger partial charge in [-0.25, -0.2) is 0 Å². The van der Waals surface area contributed by atoms with Crippen LogP contribution in [0.15, 0.2) is 72.9 Å². The van der Waals surface area contributed by atoms with Gasteiger partial charge in [0.15, 0.2) is 0 Å². The van der Waals surface area contributed by atoms with E-state index in [9.17, 15) is 4.79 Å². The molecule has 0 aliphatic rings. The van der Waals surface area contributed by atoms with Crippen LogP contribution in [0.3, 0.4) is 0 Å². The Balaban J connectivity index is 3.42. The lowest BCUT2D eigenvalue weighted by Crippen LogP contribution is -2.27. The molecule has 1 amide bonds. The van der Waals surface area contributed by atoms with Gasteiger partial charge >= 0.3 is 0 Å². The summed E-state index contributed by atoms with van der Waals surface area (Å²) in [5.41, 5.74) is 0. The first kappa shape index (κ1) is 37.7. The smallest absolute Gasteiger partial charge is 0.220 e. The fourth-order valence-corrected chi connectivity index (χ4v) is 3.11. The molecule has 0 radical (unpaired) electrons. The molecule has 0 atom stereocenters. The molecule has 0 aromatic rings. The van der Waals surface area contributed by atoms with E-state index in [4.69, 9.17) is 23.7 Å². The zero-order valence-corrected chi connectivity index (χ0v) is 25.1. The number of hydrogen-bond acceptors (Lipinski definition) is 6. The van der Waals surface area contributed by atoms with Gasteiger partial charge in [0.1, 0.15) is 0 Å². The standard InChI is InChI=1S/C33H55NO6/c1-3-4-5-6-7-8-9-10-11-12-13-14-15-16-17-18-19-20-21-22-33(35)34-23-24-37-27-28-39-31-32-40-30-29-38-26-25-36-2/h4-5,7-8,10-11,13-14,16-17,19-20H,3,6,9,12,15,18,21-32H2,1-2H3,(H,34,35). The van der Waals surface area contributed by atoms with Crippen LogP contribution in [0, 0.1) is 0 Å². The number of ether oxygens (including phenoxy) is 5. The van der Waals surface area contributed by atoms with E-state index in [2.05, 4.69) is 85.2 Å². The summed E-state index contributed by atoms with van der Waals surface area (Å²) in [6, 6.07) is 0. The minimum atomic E-state index is 0.0442. The van der Waals surface area contributed by atoms with Gasteiger partial charge in [0.05, 0.1) is 59.5 Å². The maximum atomic E-state index is 11.9. The summed E-state index contributed by atoms with van der Waals surface area (Å²) < 4.78 is 26.5. The van der Waals surface area contributed by atoms with Gasteiger partial charge in [0, 0.05) is 20.1 Å². The molecule has 0 aromatic carbocycles. The van der Waals surface area contributed by atoms with Crippen LogP contribution in [-0.2, 0) is 28.5 Å². The number of allylic oxidation sites excluding steroid dienone is 12. The van der Waals surface area contributed by atoms with E-state index in [1.807, 2.05) is 0 Å². The molecule has 7 heteroatoms. The maximum Gasteiger partial charge on any atom is 0.220 e. The summed E-state index contributed by atoms with van der Waals surface area (Å²) in [7, 11) is 1.65. The quantitative estimate of drug-likeness (QED) is 0.0854. The Labute approximate surface area is 244 Å². The van der Waals surface area contributed by atoms with Crippen molar-refractivity contribution in [1.82, 2.24) is 5.32 Å². The van der Waals surface area contributed by atoms with E-state index in [1.54, 1.807) is 7.11 Å². The average molecular weight is 562 g/mol. The lowest BCUT2D eigenvalue weighted by Gasteiger charge is -2.08. The van der Waals surface area contributed by atoms with E-state index in [-0.39, 0.29) is 5.91 Å². The SMILES string of the molecule is CCC=CCC=CCC=CCC=CCC=CCC=CCCC(=O)NCCOCCOCCOCCOCCOC. The lowest BCUT2D eigenvalue weighted by molar-refractivity contribution is -0.121. The Morgan fingerprint density at radius 2 is 0.900 bits per heavy atom. The monoisotopic (exact) mass is 561 g/mol. The number of hydrogen-bond donors (Lipinski definition) is 1. The van der Waals surface area contributed by atoms with Crippen molar-refractivity contribution in [3.8, 4) is 0 Å². The zero-order valence-electron chi connectivity index (χ0n) is 25.1.